The second-order valence-corrected chi connectivity index (χ2v) is 21.3. The highest BCUT2D eigenvalue weighted by atomic mass is 32.1. The molecule has 4 N–H and O–H groups in total. The third-order valence-corrected chi connectivity index (χ3v) is 15.3. The van der Waals surface area contributed by atoms with Crippen LogP contribution in [-0.2, 0) is 6.42 Å². The summed E-state index contributed by atoms with van der Waals surface area (Å²) in [6.45, 7) is 17.8. The third kappa shape index (κ3) is 25.6. The Kier molecular flexibility index (Phi) is 30.4. The van der Waals surface area contributed by atoms with Crippen molar-refractivity contribution in [1.82, 2.24) is 34.6 Å². The molecule has 17 heteroatoms. The van der Waals surface area contributed by atoms with Crippen LogP contribution in [0.25, 0.3) is 10.2 Å². The molecular weight excluding hydrogens is 937 g/mol. The summed E-state index contributed by atoms with van der Waals surface area (Å²) in [6, 6.07) is 14.7. The van der Waals surface area contributed by atoms with Crippen molar-refractivity contribution in [3.8, 4) is 0 Å². The van der Waals surface area contributed by atoms with Gasteiger partial charge in [-0.1, -0.05) is 81.3 Å². The van der Waals surface area contributed by atoms with Crippen LogP contribution in [0, 0.1) is 20.2 Å². The van der Waals surface area contributed by atoms with Gasteiger partial charge in [-0.15, -0.1) is 0 Å². The van der Waals surface area contributed by atoms with Gasteiger partial charge in [0.15, 0.2) is 5.13 Å². The molecule has 0 saturated carbocycles. The summed E-state index contributed by atoms with van der Waals surface area (Å²) >= 11 is 1.74. The lowest BCUT2D eigenvalue weighted by atomic mass is 10.1. The van der Waals surface area contributed by atoms with Crippen molar-refractivity contribution in [1.29, 1.82) is 0 Å². The van der Waals surface area contributed by atoms with Crippen LogP contribution >= 0.6 is 11.3 Å². The molecule has 4 aliphatic heterocycles. The zero-order valence-electron chi connectivity index (χ0n) is 44.5. The number of unbranched alkanes of at least 4 members (excludes halogenated alkanes) is 8. The van der Waals surface area contributed by atoms with E-state index in [0.717, 1.165) is 68.1 Å². The maximum atomic E-state index is 10.9. The second kappa shape index (κ2) is 37.4. The molecule has 73 heavy (non-hydrogen) atoms. The maximum absolute atomic E-state index is 10.9. The van der Waals surface area contributed by atoms with E-state index in [2.05, 4.69) is 63.4 Å². The van der Waals surface area contributed by atoms with Crippen molar-refractivity contribution in [2.24, 2.45) is 5.73 Å². The van der Waals surface area contributed by atoms with Gasteiger partial charge in [-0.25, -0.2) is 9.97 Å². The Morgan fingerprint density at radius 3 is 1.59 bits per heavy atom. The molecule has 1 aromatic carbocycles. The average Bonchev–Trinajstić information content (AvgIpc) is 3.85. The summed E-state index contributed by atoms with van der Waals surface area (Å²) in [5.41, 5.74) is 7.68. The molecule has 0 unspecified atom stereocenters. The number of fused-ring (bicyclic) bond motifs is 1. The molecule has 3 aromatic heterocycles. The lowest BCUT2D eigenvalue weighted by Gasteiger charge is -2.26. The Morgan fingerprint density at radius 2 is 1.07 bits per heavy atom. The number of nitrogens with one attached hydrogen (secondary N) is 2. The monoisotopic (exact) mass is 1030 g/mol. The first-order chi connectivity index (χ1) is 35.9. The number of thiazole rings is 1. The molecule has 0 amide bonds. The van der Waals surface area contributed by atoms with Gasteiger partial charge in [-0.2, -0.15) is 0 Å². The first-order valence-electron chi connectivity index (χ1n) is 28.5. The molecule has 4 aromatic rings. The van der Waals surface area contributed by atoms with Crippen LogP contribution in [0.15, 0.2) is 60.9 Å². The van der Waals surface area contributed by atoms with E-state index < -0.39 is 9.85 Å². The van der Waals surface area contributed by atoms with E-state index in [1.54, 1.807) is 29.8 Å². The molecule has 406 valence electrons. The predicted octanol–water partition coefficient (Wildman–Crippen LogP) is 11.8. The van der Waals surface area contributed by atoms with Gasteiger partial charge in [-0.3, -0.25) is 10.1 Å². The van der Waals surface area contributed by atoms with Gasteiger partial charge in [0.05, 0.1) is 15.1 Å². The Labute approximate surface area is 442 Å². The zero-order chi connectivity index (χ0) is 51.4. The molecule has 0 spiro atoms. The second-order valence-electron chi connectivity index (χ2n) is 20.3. The molecule has 0 radical (unpaired) electrons. The van der Waals surface area contributed by atoms with E-state index in [1.807, 2.05) is 12.1 Å². The maximum Gasteiger partial charge on any atom is 0.363 e. The minimum Gasteiger partial charge on any atom is -0.364 e. The van der Waals surface area contributed by atoms with Crippen molar-refractivity contribution in [2.75, 3.05) is 109 Å². The van der Waals surface area contributed by atoms with Gasteiger partial charge < -0.3 is 46.1 Å². The van der Waals surface area contributed by atoms with Crippen molar-refractivity contribution in [3.63, 3.8) is 0 Å². The van der Waals surface area contributed by atoms with Crippen LogP contribution in [0.4, 0.5) is 22.5 Å². The number of nitro groups is 2. The molecule has 8 rings (SSSR count). The predicted molar refractivity (Wildman–Crippen MR) is 303 cm³/mol. The molecule has 7 heterocycles. The third-order valence-electron chi connectivity index (χ3n) is 14.3. The molecule has 0 aliphatic carbocycles. The van der Waals surface area contributed by atoms with E-state index in [0.29, 0.717) is 5.82 Å². The number of rotatable bonds is 26. The Morgan fingerprint density at radius 1 is 0.534 bits per heavy atom. The van der Waals surface area contributed by atoms with Crippen LogP contribution in [0.2, 0.25) is 0 Å². The Balaban J connectivity index is 0.000000184. The fourth-order valence-corrected chi connectivity index (χ4v) is 10.9. The Bertz CT molecular complexity index is 2000. The van der Waals surface area contributed by atoms with Gasteiger partial charge in [0.25, 0.3) is 0 Å². The number of para-hydroxylation sites is 1. The van der Waals surface area contributed by atoms with Crippen molar-refractivity contribution in [3.05, 3.63) is 86.7 Å². The number of hydrogen-bond acceptors (Lipinski definition) is 15. The van der Waals surface area contributed by atoms with Crippen LogP contribution < -0.4 is 16.4 Å². The molecule has 4 fully saturated rings. The van der Waals surface area contributed by atoms with E-state index in [-0.39, 0.29) is 11.5 Å². The van der Waals surface area contributed by atoms with Crippen LogP contribution in [0.5, 0.6) is 0 Å². The number of nitrogens with two attached hydrogens (primary N) is 1. The zero-order valence-corrected chi connectivity index (χ0v) is 45.3. The number of aromatic nitrogens is 3. The minimum atomic E-state index is -0.454. The standard InChI is InChI=1S/C16H26N4O2.C16H25N3O2.C14H19N3S.C10H22N2/c21-20(22)15-9-8-11-18-16(15)17-10-4-1-2-5-12-19-13-6-3-7-14-19;20-19(21)16-10-9-15(14-17-16)8-4-1-2-5-11-18-12-6-3-7-13-18;1-4-9-17(10-5-1)11-8-15-14-16-12-6-2-3-7-13(12)18-14;11-7-3-1-4-8-12-9-5-2-6-10-12/h8-9,11H,1-7,10,12-14H2,(H,17,18);9-10,14H,1-8,11-13H2;2-3,6-7H,1,4-5,8-11H2,(H,15,16);1-11H2. The van der Waals surface area contributed by atoms with Crippen LogP contribution in [-0.4, -0.2) is 143 Å². The number of likely N-dealkylation sites (tertiary alicyclic amines) is 4. The van der Waals surface area contributed by atoms with Crippen LogP contribution in [0.1, 0.15) is 153 Å². The van der Waals surface area contributed by atoms with Crippen molar-refractivity contribution in [2.45, 2.75) is 154 Å². The highest BCUT2D eigenvalue weighted by Crippen LogP contribution is 2.25. The number of hydrogen-bond donors (Lipinski definition) is 3. The molecule has 16 nitrogen and oxygen atoms in total. The molecule has 0 bridgehead atoms. The van der Waals surface area contributed by atoms with Gasteiger partial charge in [0, 0.05) is 38.0 Å². The largest absolute Gasteiger partial charge is 0.364 e. The fourth-order valence-electron chi connectivity index (χ4n) is 10.0. The summed E-state index contributed by atoms with van der Waals surface area (Å²) in [6.07, 6.45) is 34.3. The number of benzene rings is 1. The van der Waals surface area contributed by atoms with Gasteiger partial charge >= 0.3 is 11.5 Å². The number of piperidine rings is 4. The van der Waals surface area contributed by atoms with Crippen molar-refractivity contribution >= 4 is 44.0 Å². The Hall–Kier alpha value is -4.39. The molecular formula is C56H92N12O4S. The summed E-state index contributed by atoms with van der Waals surface area (Å²) in [5.74, 6) is 0.307. The number of nitrogens with zero attached hydrogens (tertiary/aromatic N) is 9. The molecule has 4 saturated heterocycles. The average molecular weight is 1030 g/mol. The fraction of sp³-hybridized carbons (Fsp3) is 0.696. The van der Waals surface area contributed by atoms with E-state index in [9.17, 15) is 20.2 Å². The van der Waals surface area contributed by atoms with Gasteiger partial charge in [0.2, 0.25) is 5.82 Å². The van der Waals surface area contributed by atoms with Crippen LogP contribution in [0.3, 0.4) is 0 Å². The lowest BCUT2D eigenvalue weighted by Crippen LogP contribution is -2.33. The molecule has 0 atom stereocenters. The smallest absolute Gasteiger partial charge is 0.363 e. The first-order valence-corrected chi connectivity index (χ1v) is 29.3. The summed E-state index contributed by atoms with van der Waals surface area (Å²) < 4.78 is 1.26. The van der Waals surface area contributed by atoms with E-state index in [4.69, 9.17) is 5.73 Å². The number of aryl methyl sites for hydroxylation is 1. The summed E-state index contributed by atoms with van der Waals surface area (Å²) in [4.78, 5) is 43.3. The van der Waals surface area contributed by atoms with E-state index in [1.165, 1.54) is 217 Å². The first kappa shape index (κ1) is 59.5. The molecule has 4 aliphatic rings. The quantitative estimate of drug-likeness (QED) is 0.0306. The SMILES string of the molecule is NCCCCCN1CCCCC1.O=[N+]([O-])c1ccc(CCCCCCN2CCCCC2)cn1.O=[N+]([O-])c1cccnc1NCCCCCCN1CCCCC1.c1ccc2sc(NCCN3CCCCC3)nc2c1. The highest BCUT2D eigenvalue weighted by molar-refractivity contribution is 7.22. The highest BCUT2D eigenvalue weighted by Gasteiger charge is 2.15. The van der Waals surface area contributed by atoms with Gasteiger partial charge in [0.1, 0.15) is 6.20 Å². The van der Waals surface area contributed by atoms with Crippen molar-refractivity contribution < 1.29 is 9.85 Å². The number of anilines is 2. The minimum absolute atomic E-state index is 0.0487. The number of pyridine rings is 2. The van der Waals surface area contributed by atoms with Gasteiger partial charge in [-0.05, 0) is 215 Å². The summed E-state index contributed by atoms with van der Waals surface area (Å²) in [5, 5.41) is 28.9. The lowest BCUT2D eigenvalue weighted by molar-refractivity contribution is -0.389. The topological polar surface area (TPSA) is 188 Å². The normalized spacial score (nSPS) is 16.8. The van der Waals surface area contributed by atoms with E-state index >= 15 is 0 Å². The summed E-state index contributed by atoms with van der Waals surface area (Å²) in [7, 11) is 0.